The van der Waals surface area contributed by atoms with Gasteiger partial charge in [0.05, 0.1) is 39.1 Å². The number of ether oxygens (including phenoxy) is 1. The first-order valence-corrected chi connectivity index (χ1v) is 22.5. The summed E-state index contributed by atoms with van der Waals surface area (Å²) in [5.41, 5.74) is 12.2. The number of hydrogen-bond donors (Lipinski definition) is 0. The van der Waals surface area contributed by atoms with Gasteiger partial charge in [0.2, 0.25) is 0 Å². The van der Waals surface area contributed by atoms with Crippen LogP contribution in [0.5, 0.6) is 11.5 Å². The molecular formula is C62H41N3O. The Morgan fingerprint density at radius 2 is 0.682 bits per heavy atom. The fraction of sp³-hybridized carbons (Fsp3) is 0. The molecule has 4 heteroatoms. The predicted octanol–water partition coefficient (Wildman–Crippen LogP) is 17.1. The first-order chi connectivity index (χ1) is 32.8. The van der Waals surface area contributed by atoms with Gasteiger partial charge in [0.1, 0.15) is 11.5 Å². The summed E-state index contributed by atoms with van der Waals surface area (Å²) in [4.78, 5) is 2.38. The highest BCUT2D eigenvalue weighted by atomic mass is 16.5. The van der Waals surface area contributed by atoms with Crippen LogP contribution in [0.3, 0.4) is 0 Å². The largest absolute Gasteiger partial charge is 0.456 e. The van der Waals surface area contributed by atoms with Gasteiger partial charge >= 0.3 is 0 Å². The summed E-state index contributed by atoms with van der Waals surface area (Å²) < 4.78 is 12.3. The normalized spacial score (nSPS) is 11.6. The van der Waals surface area contributed by atoms with Crippen molar-refractivity contribution in [3.63, 3.8) is 0 Å². The van der Waals surface area contributed by atoms with Gasteiger partial charge in [0.25, 0.3) is 0 Å². The Hall–Kier alpha value is -8.86. The second kappa shape index (κ2) is 15.4. The third kappa shape index (κ3) is 6.07. The topological polar surface area (TPSA) is 22.3 Å². The Labute approximate surface area is 382 Å². The van der Waals surface area contributed by atoms with Crippen LogP contribution in [0.2, 0.25) is 0 Å². The standard InChI is InChI=1S/C62H41N3O/c1-4-20-42(21-5-1)43-36-37-60-56(38-43)51-28-16-19-35-59(51)65(60)47-39-46(64-57-33-17-14-26-49(57)50-27-15-18-34-58(50)64)40-48(41-47)66-62-54-31-12-10-29-52(54)61(53-30-11-13-32-55(53)62)63(44-22-6-2-7-23-44)45-24-8-3-9-25-45/h1-41H. The molecule has 0 aliphatic rings. The minimum Gasteiger partial charge on any atom is -0.456 e. The van der Waals surface area contributed by atoms with Gasteiger partial charge in [-0.2, -0.15) is 0 Å². The van der Waals surface area contributed by atoms with E-state index in [0.29, 0.717) is 0 Å². The number of para-hydroxylation sites is 5. The van der Waals surface area contributed by atoms with Crippen LogP contribution < -0.4 is 9.64 Å². The molecule has 0 radical (unpaired) electrons. The van der Waals surface area contributed by atoms with Crippen LogP contribution in [0, 0.1) is 0 Å². The fourth-order valence-electron chi connectivity index (χ4n) is 10.2. The molecule has 0 saturated heterocycles. The quantitative estimate of drug-likeness (QED) is 0.142. The molecule has 2 aromatic heterocycles. The lowest BCUT2D eigenvalue weighted by atomic mass is 9.97. The van der Waals surface area contributed by atoms with Gasteiger partial charge in [-0.3, -0.25) is 0 Å². The third-order valence-electron chi connectivity index (χ3n) is 13.1. The molecule has 0 N–H and O–H groups in total. The fourth-order valence-corrected chi connectivity index (χ4v) is 10.2. The van der Waals surface area contributed by atoms with Crippen molar-refractivity contribution in [2.75, 3.05) is 4.90 Å². The average Bonchev–Trinajstić information content (AvgIpc) is 3.91. The molecule has 0 fully saturated rings. The van der Waals surface area contributed by atoms with E-state index < -0.39 is 0 Å². The van der Waals surface area contributed by atoms with Gasteiger partial charge < -0.3 is 18.8 Å². The van der Waals surface area contributed by atoms with Crippen LogP contribution >= 0.6 is 0 Å². The van der Waals surface area contributed by atoms with Crippen molar-refractivity contribution in [3.05, 3.63) is 249 Å². The van der Waals surface area contributed by atoms with Crippen LogP contribution in [0.1, 0.15) is 0 Å². The van der Waals surface area contributed by atoms with Gasteiger partial charge in [-0.05, 0) is 71.8 Å². The Kier molecular flexibility index (Phi) is 8.81. The van der Waals surface area contributed by atoms with E-state index in [1.807, 2.05) is 0 Å². The van der Waals surface area contributed by atoms with Gasteiger partial charge in [-0.15, -0.1) is 0 Å². The summed E-state index contributed by atoms with van der Waals surface area (Å²) >= 11 is 0. The van der Waals surface area contributed by atoms with E-state index in [9.17, 15) is 0 Å². The van der Waals surface area contributed by atoms with Crippen LogP contribution in [0.15, 0.2) is 249 Å². The number of fused-ring (bicyclic) bond motifs is 8. The molecule has 0 atom stereocenters. The molecule has 0 saturated carbocycles. The molecule has 66 heavy (non-hydrogen) atoms. The maximum Gasteiger partial charge on any atom is 0.143 e. The predicted molar refractivity (Wildman–Crippen MR) is 277 cm³/mol. The molecule has 0 aliphatic carbocycles. The van der Waals surface area contributed by atoms with Crippen molar-refractivity contribution < 1.29 is 4.74 Å². The average molecular weight is 844 g/mol. The van der Waals surface area contributed by atoms with Crippen molar-refractivity contribution >= 4 is 82.2 Å². The molecule has 11 aromatic carbocycles. The number of nitrogens with zero attached hydrogens (tertiary/aromatic N) is 3. The molecule has 0 aliphatic heterocycles. The molecule has 4 nitrogen and oxygen atoms in total. The smallest absolute Gasteiger partial charge is 0.143 e. The van der Waals surface area contributed by atoms with Crippen molar-refractivity contribution in [1.82, 2.24) is 9.13 Å². The van der Waals surface area contributed by atoms with Crippen LogP contribution in [0.4, 0.5) is 17.1 Å². The number of aromatic nitrogens is 2. The van der Waals surface area contributed by atoms with Crippen molar-refractivity contribution in [1.29, 1.82) is 0 Å². The Morgan fingerprint density at radius 1 is 0.288 bits per heavy atom. The van der Waals surface area contributed by atoms with Crippen molar-refractivity contribution in [3.8, 4) is 34.0 Å². The maximum absolute atomic E-state index is 7.51. The SMILES string of the molecule is c1ccc(-c2ccc3c(c2)c2ccccc2n3-c2cc(Oc3c4ccccc4c(N(c4ccccc4)c4ccccc4)c4ccccc34)cc(-n3c4ccccc4c4ccccc43)c2)cc1. The molecule has 0 unspecified atom stereocenters. The minimum atomic E-state index is 0.738. The molecule has 0 amide bonds. The number of hydrogen-bond acceptors (Lipinski definition) is 2. The molecule has 0 bridgehead atoms. The van der Waals surface area contributed by atoms with Gasteiger partial charge in [0.15, 0.2) is 0 Å². The summed E-state index contributed by atoms with van der Waals surface area (Å²) in [6.07, 6.45) is 0. The number of anilines is 3. The molecular weight excluding hydrogens is 803 g/mol. The monoisotopic (exact) mass is 843 g/mol. The van der Waals surface area contributed by atoms with E-state index in [1.54, 1.807) is 0 Å². The zero-order chi connectivity index (χ0) is 43.6. The van der Waals surface area contributed by atoms with Crippen LogP contribution in [0.25, 0.3) is 87.7 Å². The number of benzene rings is 11. The van der Waals surface area contributed by atoms with Crippen LogP contribution in [-0.2, 0) is 0 Å². The van der Waals surface area contributed by atoms with Gasteiger partial charge in [-0.1, -0.05) is 176 Å². The minimum absolute atomic E-state index is 0.738. The lowest BCUT2D eigenvalue weighted by Gasteiger charge is -2.29. The van der Waals surface area contributed by atoms with E-state index >= 15 is 0 Å². The Morgan fingerprint density at radius 3 is 1.18 bits per heavy atom. The summed E-state index contributed by atoms with van der Waals surface area (Å²) in [6.45, 7) is 0. The Bertz CT molecular complexity index is 3810. The van der Waals surface area contributed by atoms with Gasteiger partial charge in [-0.25, -0.2) is 0 Å². The second-order valence-corrected chi connectivity index (χ2v) is 16.9. The first kappa shape index (κ1) is 37.7. The number of rotatable bonds is 8. The lowest BCUT2D eigenvalue weighted by molar-refractivity contribution is 0.493. The summed E-state index contributed by atoms with van der Waals surface area (Å²) in [5, 5.41) is 9.05. The zero-order valence-electron chi connectivity index (χ0n) is 35.9. The Balaban J connectivity index is 1.08. The summed E-state index contributed by atoms with van der Waals surface area (Å²) in [5.74, 6) is 1.55. The van der Waals surface area contributed by atoms with Crippen molar-refractivity contribution in [2.45, 2.75) is 0 Å². The second-order valence-electron chi connectivity index (χ2n) is 16.9. The van der Waals surface area contributed by atoms with Crippen molar-refractivity contribution in [2.24, 2.45) is 0 Å². The third-order valence-corrected chi connectivity index (χ3v) is 13.1. The first-order valence-electron chi connectivity index (χ1n) is 22.5. The molecule has 13 aromatic rings. The van der Waals surface area contributed by atoms with E-state index in [-0.39, 0.29) is 0 Å². The molecule has 13 rings (SSSR count). The molecule has 2 heterocycles. The molecule has 310 valence electrons. The highest BCUT2D eigenvalue weighted by Crippen LogP contribution is 2.49. The van der Waals surface area contributed by atoms with Gasteiger partial charge in [0, 0.05) is 66.6 Å². The van der Waals surface area contributed by atoms with E-state index in [0.717, 1.165) is 83.5 Å². The summed E-state index contributed by atoms with van der Waals surface area (Å²) in [7, 11) is 0. The maximum atomic E-state index is 7.51. The highest BCUT2D eigenvalue weighted by molar-refractivity contribution is 6.18. The zero-order valence-corrected chi connectivity index (χ0v) is 35.9. The summed E-state index contributed by atoms with van der Waals surface area (Å²) in [6, 6.07) is 89.0. The van der Waals surface area contributed by atoms with E-state index in [2.05, 4.69) is 263 Å². The lowest BCUT2D eigenvalue weighted by Crippen LogP contribution is -2.11. The van der Waals surface area contributed by atoms with E-state index in [4.69, 9.17) is 4.74 Å². The molecule has 0 spiro atoms. The highest BCUT2D eigenvalue weighted by Gasteiger charge is 2.24. The van der Waals surface area contributed by atoms with E-state index in [1.165, 1.54) is 32.7 Å². The van der Waals surface area contributed by atoms with Crippen LogP contribution in [-0.4, -0.2) is 9.13 Å².